The van der Waals surface area contributed by atoms with E-state index in [9.17, 15) is 4.79 Å². The molecule has 180 valence electrons. The molecule has 0 spiro atoms. The first-order valence-corrected chi connectivity index (χ1v) is 12.5. The summed E-state index contributed by atoms with van der Waals surface area (Å²) in [7, 11) is 0. The van der Waals surface area contributed by atoms with Gasteiger partial charge in [-0.15, -0.1) is 0 Å². The third-order valence-corrected chi connectivity index (χ3v) is 7.38. The second-order valence-electron chi connectivity index (χ2n) is 9.55. The highest BCUT2D eigenvalue weighted by Gasteiger charge is 2.32. The zero-order valence-corrected chi connectivity index (χ0v) is 19.8. The van der Waals surface area contributed by atoms with E-state index >= 15 is 0 Å². The zero-order chi connectivity index (χ0) is 23.6. The van der Waals surface area contributed by atoms with E-state index < -0.39 is 0 Å². The molecular weight excluding hydrogens is 440 g/mol. The van der Waals surface area contributed by atoms with Crippen LogP contribution < -0.4 is 0 Å². The molecule has 4 aromatic heterocycles. The van der Waals surface area contributed by atoms with Crippen LogP contribution in [0.3, 0.4) is 0 Å². The summed E-state index contributed by atoms with van der Waals surface area (Å²) in [4.78, 5) is 31.8. The van der Waals surface area contributed by atoms with Gasteiger partial charge < -0.3 is 13.9 Å². The molecule has 1 amide bonds. The van der Waals surface area contributed by atoms with Crippen LogP contribution in [0.15, 0.2) is 65.5 Å². The van der Waals surface area contributed by atoms with Gasteiger partial charge in [-0.25, -0.2) is 9.97 Å². The Kier molecular flexibility index (Phi) is 6.04. The van der Waals surface area contributed by atoms with Crippen LogP contribution in [-0.2, 0) is 11.3 Å². The predicted molar refractivity (Wildman–Crippen MR) is 132 cm³/mol. The van der Waals surface area contributed by atoms with E-state index in [4.69, 9.17) is 9.40 Å². The molecule has 4 aromatic rings. The van der Waals surface area contributed by atoms with Crippen molar-refractivity contribution in [2.24, 2.45) is 5.92 Å². The molecule has 0 aliphatic carbocycles. The summed E-state index contributed by atoms with van der Waals surface area (Å²) in [6.07, 6.45) is 8.96. The Morgan fingerprint density at radius 1 is 0.914 bits per heavy atom. The number of piperidine rings is 2. The highest BCUT2D eigenvalue weighted by molar-refractivity contribution is 5.79. The fraction of sp³-hybridized carbons (Fsp3) is 0.407. The van der Waals surface area contributed by atoms with Gasteiger partial charge in [0.2, 0.25) is 5.91 Å². The van der Waals surface area contributed by atoms with Crippen LogP contribution in [0.2, 0.25) is 0 Å². The van der Waals surface area contributed by atoms with Crippen molar-refractivity contribution >= 4 is 17.1 Å². The smallest absolute Gasteiger partial charge is 0.225 e. The van der Waals surface area contributed by atoms with E-state index in [1.807, 2.05) is 48.7 Å². The van der Waals surface area contributed by atoms with E-state index in [1.54, 1.807) is 12.5 Å². The second kappa shape index (κ2) is 9.62. The van der Waals surface area contributed by atoms with Gasteiger partial charge in [-0.1, -0.05) is 6.07 Å². The van der Waals surface area contributed by atoms with Gasteiger partial charge in [-0.05, 0) is 75.2 Å². The maximum atomic E-state index is 13.3. The quantitative estimate of drug-likeness (QED) is 0.436. The summed E-state index contributed by atoms with van der Waals surface area (Å²) in [5.41, 5.74) is 2.63. The topological polar surface area (TPSA) is 80.3 Å². The first kappa shape index (κ1) is 22.0. The maximum Gasteiger partial charge on any atom is 0.225 e. The standard InChI is InChI=1S/C27H30N6O2/c34-27(20-8-14-31(15-9-20)19-22-5-4-18-35-22)32-16-10-21(11-17-32)33-25-24(7-3-13-29-25)30-26(33)23-6-1-2-12-28-23/h1-7,12-13,18,20-21H,8-11,14-17,19H2. The molecule has 0 aromatic carbocycles. The summed E-state index contributed by atoms with van der Waals surface area (Å²) in [6.45, 7) is 4.24. The minimum absolute atomic E-state index is 0.124. The fourth-order valence-corrected chi connectivity index (χ4v) is 5.51. The van der Waals surface area contributed by atoms with Crippen LogP contribution in [0.25, 0.3) is 22.7 Å². The molecule has 0 atom stereocenters. The molecule has 2 saturated heterocycles. The number of fused-ring (bicyclic) bond motifs is 1. The van der Waals surface area contributed by atoms with Gasteiger partial charge in [0.15, 0.2) is 11.5 Å². The van der Waals surface area contributed by atoms with Crippen LogP contribution in [0.1, 0.15) is 37.5 Å². The number of carbonyl (C=O) groups excluding carboxylic acids is 1. The van der Waals surface area contributed by atoms with Crippen LogP contribution >= 0.6 is 0 Å². The number of nitrogens with zero attached hydrogens (tertiary/aromatic N) is 6. The van der Waals surface area contributed by atoms with Gasteiger partial charge in [-0.2, -0.15) is 0 Å². The summed E-state index contributed by atoms with van der Waals surface area (Å²) < 4.78 is 7.72. The SMILES string of the molecule is O=C(C1CCN(Cc2ccco2)CC1)N1CCC(n2c(-c3ccccn3)nc3cccnc32)CC1. The number of carbonyl (C=O) groups is 1. The number of furan rings is 1. The second-order valence-corrected chi connectivity index (χ2v) is 9.55. The fourth-order valence-electron chi connectivity index (χ4n) is 5.51. The van der Waals surface area contributed by atoms with Gasteiger partial charge in [0.25, 0.3) is 0 Å². The normalized spacial score (nSPS) is 18.3. The molecular formula is C27H30N6O2. The van der Waals surface area contributed by atoms with Gasteiger partial charge >= 0.3 is 0 Å². The summed E-state index contributed by atoms with van der Waals surface area (Å²) in [6, 6.07) is 14.0. The van der Waals surface area contributed by atoms with Crippen molar-refractivity contribution in [1.82, 2.24) is 29.3 Å². The third kappa shape index (κ3) is 4.46. The Bertz CT molecular complexity index is 1270. The molecule has 8 nitrogen and oxygen atoms in total. The molecule has 6 rings (SSSR count). The first-order chi connectivity index (χ1) is 17.3. The largest absolute Gasteiger partial charge is 0.468 e. The number of imidazole rings is 1. The highest BCUT2D eigenvalue weighted by atomic mass is 16.3. The Hall–Kier alpha value is -3.52. The van der Waals surface area contributed by atoms with E-state index in [2.05, 4.69) is 24.3 Å². The van der Waals surface area contributed by atoms with Crippen molar-refractivity contribution in [3.8, 4) is 11.5 Å². The van der Waals surface area contributed by atoms with Crippen molar-refractivity contribution in [1.29, 1.82) is 0 Å². The number of likely N-dealkylation sites (tertiary alicyclic amines) is 2. The van der Waals surface area contributed by atoms with Crippen molar-refractivity contribution in [3.05, 3.63) is 66.9 Å². The third-order valence-electron chi connectivity index (χ3n) is 7.38. The number of rotatable bonds is 5. The number of hydrogen-bond donors (Lipinski definition) is 0. The number of amides is 1. The zero-order valence-electron chi connectivity index (χ0n) is 19.8. The monoisotopic (exact) mass is 470 g/mol. The lowest BCUT2D eigenvalue weighted by Gasteiger charge is -2.37. The average molecular weight is 471 g/mol. The molecule has 0 saturated carbocycles. The molecule has 2 aliphatic heterocycles. The van der Waals surface area contributed by atoms with Crippen LogP contribution in [-0.4, -0.2) is 61.4 Å². The molecule has 2 aliphatic rings. The predicted octanol–water partition coefficient (Wildman–Crippen LogP) is 4.16. The Morgan fingerprint density at radius 3 is 2.49 bits per heavy atom. The van der Waals surface area contributed by atoms with Gasteiger partial charge in [-0.3, -0.25) is 14.7 Å². The lowest BCUT2D eigenvalue weighted by molar-refractivity contribution is -0.138. The Balaban J connectivity index is 1.12. The molecule has 0 N–H and O–H groups in total. The van der Waals surface area contributed by atoms with Crippen molar-refractivity contribution in [2.75, 3.05) is 26.2 Å². The van der Waals surface area contributed by atoms with Gasteiger partial charge in [0.1, 0.15) is 17.0 Å². The van der Waals surface area contributed by atoms with Gasteiger partial charge in [0.05, 0.1) is 12.8 Å². The molecule has 0 unspecified atom stereocenters. The lowest BCUT2D eigenvalue weighted by atomic mass is 9.93. The Labute approximate surface area is 204 Å². The number of hydrogen-bond acceptors (Lipinski definition) is 6. The Morgan fingerprint density at radius 2 is 1.74 bits per heavy atom. The van der Waals surface area contributed by atoms with Crippen LogP contribution in [0.5, 0.6) is 0 Å². The van der Waals surface area contributed by atoms with E-state index in [0.717, 1.165) is 86.8 Å². The first-order valence-electron chi connectivity index (χ1n) is 12.5. The molecule has 8 heteroatoms. The highest BCUT2D eigenvalue weighted by Crippen LogP contribution is 2.33. The molecule has 0 bridgehead atoms. The summed E-state index contributed by atoms with van der Waals surface area (Å²) in [5, 5.41) is 0. The number of pyridine rings is 2. The summed E-state index contributed by atoms with van der Waals surface area (Å²) >= 11 is 0. The molecule has 35 heavy (non-hydrogen) atoms. The minimum atomic E-state index is 0.124. The van der Waals surface area contributed by atoms with Crippen LogP contribution in [0, 0.1) is 5.92 Å². The van der Waals surface area contributed by atoms with E-state index in [1.165, 1.54) is 0 Å². The lowest BCUT2D eigenvalue weighted by Crippen LogP contribution is -2.45. The minimum Gasteiger partial charge on any atom is -0.468 e. The van der Waals surface area contributed by atoms with Gasteiger partial charge in [0, 0.05) is 37.4 Å². The van der Waals surface area contributed by atoms with E-state index in [0.29, 0.717) is 5.91 Å². The van der Waals surface area contributed by atoms with Crippen LogP contribution in [0.4, 0.5) is 0 Å². The van der Waals surface area contributed by atoms with Crippen molar-refractivity contribution < 1.29 is 9.21 Å². The summed E-state index contributed by atoms with van der Waals surface area (Å²) in [5.74, 6) is 2.29. The van der Waals surface area contributed by atoms with Crippen molar-refractivity contribution in [3.63, 3.8) is 0 Å². The van der Waals surface area contributed by atoms with E-state index in [-0.39, 0.29) is 12.0 Å². The molecule has 0 radical (unpaired) electrons. The number of aromatic nitrogens is 4. The molecule has 6 heterocycles. The maximum absolute atomic E-state index is 13.3. The molecule has 2 fully saturated rings. The average Bonchev–Trinajstić information content (AvgIpc) is 3.57. The van der Waals surface area contributed by atoms with Crippen molar-refractivity contribution in [2.45, 2.75) is 38.3 Å².